The predicted molar refractivity (Wildman–Crippen MR) is 86.2 cm³/mol. The van der Waals surface area contributed by atoms with Crippen LogP contribution < -0.4 is 5.32 Å². The monoisotopic (exact) mass is 317 g/mol. The van der Waals surface area contributed by atoms with Gasteiger partial charge in [0.05, 0.1) is 10.8 Å². The maximum absolute atomic E-state index is 12.7. The molecule has 1 saturated carbocycles. The van der Waals surface area contributed by atoms with Gasteiger partial charge in [-0.3, -0.25) is 13.8 Å². The molecule has 22 heavy (non-hydrogen) atoms. The molecule has 1 N–H and O–H groups in total. The van der Waals surface area contributed by atoms with Gasteiger partial charge >= 0.3 is 0 Å². The number of hydrogen-bond donors (Lipinski definition) is 1. The first-order chi connectivity index (χ1) is 10.6. The minimum absolute atomic E-state index is 0.120. The average molecular weight is 317 g/mol. The smallest absolute Gasteiger partial charge is 0.210 e. The van der Waals surface area contributed by atoms with E-state index in [9.17, 15) is 13.8 Å². The van der Waals surface area contributed by atoms with E-state index in [1.54, 1.807) is 24.3 Å². The van der Waals surface area contributed by atoms with E-state index in [1.807, 2.05) is 0 Å². The lowest BCUT2D eigenvalue weighted by Crippen LogP contribution is -2.38. The van der Waals surface area contributed by atoms with Crippen LogP contribution in [0.4, 0.5) is 0 Å². The third-order valence-corrected chi connectivity index (χ3v) is 5.28. The molecule has 2 aliphatic carbocycles. The highest BCUT2D eigenvalue weighted by atomic mass is 32.2. The quantitative estimate of drug-likeness (QED) is 0.930. The third-order valence-electron chi connectivity index (χ3n) is 4.32. The summed E-state index contributed by atoms with van der Waals surface area (Å²) in [6.07, 6.45) is 6.87. The molecule has 2 aliphatic rings. The van der Waals surface area contributed by atoms with E-state index in [0.29, 0.717) is 11.1 Å². The van der Waals surface area contributed by atoms with Gasteiger partial charge in [-0.1, -0.05) is 43.5 Å². The van der Waals surface area contributed by atoms with Crippen LogP contribution in [0.2, 0.25) is 0 Å². The van der Waals surface area contributed by atoms with Crippen LogP contribution in [0.3, 0.4) is 0 Å². The molecule has 1 unspecified atom stereocenters. The summed E-state index contributed by atoms with van der Waals surface area (Å²) < 4.78 is 12.1. The normalized spacial score (nSPS) is 20.8. The van der Waals surface area contributed by atoms with Crippen molar-refractivity contribution in [3.05, 3.63) is 46.0 Å². The summed E-state index contributed by atoms with van der Waals surface area (Å²) in [7, 11) is -1.50. The van der Waals surface area contributed by atoms with Gasteiger partial charge in [0.2, 0.25) is 11.6 Å². The van der Waals surface area contributed by atoms with Crippen molar-refractivity contribution in [1.29, 1.82) is 0 Å². The van der Waals surface area contributed by atoms with Gasteiger partial charge in [-0.05, 0) is 12.8 Å². The minimum atomic E-state index is -1.50. The summed E-state index contributed by atoms with van der Waals surface area (Å²) in [6, 6.07) is 6.94. The second kappa shape index (κ2) is 6.16. The summed E-state index contributed by atoms with van der Waals surface area (Å²) in [5.74, 6) is -0.514. The molecule has 3 rings (SSSR count). The Bertz CT molecular complexity index is 687. The second-order valence-electron chi connectivity index (χ2n) is 5.84. The Balaban J connectivity index is 2.03. The highest BCUT2D eigenvalue weighted by Gasteiger charge is 2.35. The van der Waals surface area contributed by atoms with Crippen LogP contribution in [0.15, 0.2) is 34.9 Å². The maximum atomic E-state index is 12.7. The molecule has 1 aromatic rings. The largest absolute Gasteiger partial charge is 0.378 e. The molecule has 0 aliphatic heterocycles. The number of carbonyl (C=O) groups excluding carboxylic acids is 2. The van der Waals surface area contributed by atoms with E-state index in [2.05, 4.69) is 5.32 Å². The van der Waals surface area contributed by atoms with Crippen molar-refractivity contribution in [2.75, 3.05) is 6.26 Å². The molecule has 116 valence electrons. The van der Waals surface area contributed by atoms with Gasteiger partial charge in [-0.2, -0.15) is 0 Å². The Hall–Kier alpha value is -1.75. The number of allylic oxidation sites excluding steroid dienone is 2. The molecule has 1 atom stereocenters. The van der Waals surface area contributed by atoms with E-state index < -0.39 is 10.8 Å². The molecule has 4 nitrogen and oxygen atoms in total. The Kier molecular flexibility index (Phi) is 4.25. The van der Waals surface area contributed by atoms with Crippen molar-refractivity contribution in [2.45, 2.75) is 38.1 Å². The van der Waals surface area contributed by atoms with Gasteiger partial charge in [0.25, 0.3) is 0 Å². The van der Waals surface area contributed by atoms with Crippen LogP contribution in [-0.2, 0) is 10.8 Å². The van der Waals surface area contributed by atoms with Crippen LogP contribution in [-0.4, -0.2) is 28.1 Å². The second-order valence-corrected chi connectivity index (χ2v) is 7.16. The number of carbonyl (C=O) groups is 2. The summed E-state index contributed by atoms with van der Waals surface area (Å²) >= 11 is 0. The van der Waals surface area contributed by atoms with Crippen molar-refractivity contribution in [3.63, 3.8) is 0 Å². The molecule has 0 spiro atoms. The summed E-state index contributed by atoms with van der Waals surface area (Å²) in [5.41, 5.74) is 1.00. The Morgan fingerprint density at radius 2 is 1.59 bits per heavy atom. The number of fused-ring (bicyclic) bond motifs is 1. The van der Waals surface area contributed by atoms with Gasteiger partial charge in [0.1, 0.15) is 10.6 Å². The van der Waals surface area contributed by atoms with Crippen LogP contribution in [0, 0.1) is 0 Å². The maximum Gasteiger partial charge on any atom is 0.210 e. The molecular formula is C17H19NO3S. The van der Waals surface area contributed by atoms with Crippen LogP contribution in [0.1, 0.15) is 52.8 Å². The fourth-order valence-corrected chi connectivity index (χ4v) is 4.02. The molecule has 0 radical (unpaired) electrons. The number of hydrogen-bond acceptors (Lipinski definition) is 4. The number of ketones is 2. The number of Topliss-reactive ketones (excluding diaryl/α,β-unsaturated/α-hetero) is 2. The lowest BCUT2D eigenvalue weighted by molar-refractivity contribution is 0.0972. The molecule has 0 aromatic heterocycles. The molecule has 0 amide bonds. The highest BCUT2D eigenvalue weighted by Crippen LogP contribution is 2.28. The summed E-state index contributed by atoms with van der Waals surface area (Å²) in [4.78, 5) is 25.5. The van der Waals surface area contributed by atoms with Gasteiger partial charge < -0.3 is 5.32 Å². The van der Waals surface area contributed by atoms with Crippen LogP contribution in [0.5, 0.6) is 0 Å². The van der Waals surface area contributed by atoms with Gasteiger partial charge in [-0.25, -0.2) is 0 Å². The lowest BCUT2D eigenvalue weighted by Gasteiger charge is -2.28. The summed E-state index contributed by atoms with van der Waals surface area (Å²) in [5, 5.41) is 3.23. The van der Waals surface area contributed by atoms with Crippen LogP contribution >= 0.6 is 0 Å². The fraction of sp³-hybridized carbons (Fsp3) is 0.412. The number of benzene rings is 1. The van der Waals surface area contributed by atoms with Crippen molar-refractivity contribution < 1.29 is 13.8 Å². The molecule has 1 fully saturated rings. The van der Waals surface area contributed by atoms with Crippen molar-refractivity contribution >= 4 is 22.4 Å². The van der Waals surface area contributed by atoms with E-state index in [4.69, 9.17) is 0 Å². The van der Waals surface area contributed by atoms with Crippen molar-refractivity contribution in [1.82, 2.24) is 5.32 Å². The SMILES string of the molecule is CS(=O)C1=C(NC2CCCCC2)C(=O)c2ccccc2C1=O. The first-order valence-corrected chi connectivity index (χ1v) is 9.18. The van der Waals surface area contributed by atoms with E-state index in [1.165, 1.54) is 12.7 Å². The standard InChI is InChI=1S/C17H19NO3S/c1-22(21)17-14(18-11-7-3-2-4-8-11)15(19)12-9-5-6-10-13(12)16(17)20/h5-6,9-11,18H,2-4,7-8H2,1H3. The molecule has 1 aromatic carbocycles. The van der Waals surface area contributed by atoms with Gasteiger partial charge in [-0.15, -0.1) is 0 Å². The summed E-state index contributed by atoms with van der Waals surface area (Å²) in [6.45, 7) is 0. The molecule has 5 heteroatoms. The Morgan fingerprint density at radius 3 is 2.18 bits per heavy atom. The minimum Gasteiger partial charge on any atom is -0.378 e. The molecule has 0 heterocycles. The fourth-order valence-electron chi connectivity index (χ4n) is 3.21. The first kappa shape index (κ1) is 15.2. The van der Waals surface area contributed by atoms with E-state index in [-0.39, 0.29) is 28.2 Å². The predicted octanol–water partition coefficient (Wildman–Crippen LogP) is 2.58. The lowest BCUT2D eigenvalue weighted by atomic mass is 9.90. The highest BCUT2D eigenvalue weighted by molar-refractivity contribution is 7.89. The van der Waals surface area contributed by atoms with E-state index in [0.717, 1.165) is 25.7 Å². The average Bonchev–Trinajstić information content (AvgIpc) is 2.53. The zero-order valence-electron chi connectivity index (χ0n) is 12.6. The zero-order chi connectivity index (χ0) is 15.7. The van der Waals surface area contributed by atoms with Crippen molar-refractivity contribution in [2.24, 2.45) is 0 Å². The van der Waals surface area contributed by atoms with Gasteiger partial charge in [0.15, 0.2) is 0 Å². The molecule has 0 bridgehead atoms. The van der Waals surface area contributed by atoms with Gasteiger partial charge in [0, 0.05) is 23.4 Å². The van der Waals surface area contributed by atoms with Crippen LogP contribution in [0.25, 0.3) is 0 Å². The first-order valence-electron chi connectivity index (χ1n) is 7.62. The third kappa shape index (κ3) is 2.65. The van der Waals surface area contributed by atoms with Crippen molar-refractivity contribution in [3.8, 4) is 0 Å². The number of rotatable bonds is 3. The zero-order valence-corrected chi connectivity index (χ0v) is 13.4. The van der Waals surface area contributed by atoms with E-state index >= 15 is 0 Å². The molecule has 0 saturated heterocycles. The Morgan fingerprint density at radius 1 is 1.00 bits per heavy atom. The number of nitrogens with one attached hydrogen (secondary N) is 1. The topological polar surface area (TPSA) is 63.2 Å². The molecular weight excluding hydrogens is 298 g/mol. The Labute approximate surface area is 132 Å².